The molecule has 0 fully saturated rings. The number of halogens is 1. The van der Waals surface area contributed by atoms with Crippen LogP contribution in [0.4, 0.5) is 9.52 Å². The van der Waals surface area contributed by atoms with Crippen LogP contribution in [0.1, 0.15) is 5.56 Å². The molecule has 1 aromatic carbocycles. The number of aromatic nitrogens is 2. The predicted molar refractivity (Wildman–Crippen MR) is 77.3 cm³/mol. The molecule has 0 radical (unpaired) electrons. The van der Waals surface area contributed by atoms with Crippen LogP contribution in [0.15, 0.2) is 32.6 Å². The van der Waals surface area contributed by atoms with Crippen LogP contribution < -0.4 is 10.6 Å². The van der Waals surface area contributed by atoms with E-state index in [1.807, 2.05) is 19.0 Å². The summed E-state index contributed by atoms with van der Waals surface area (Å²) < 4.78 is 14.6. The van der Waals surface area contributed by atoms with Gasteiger partial charge in [-0.1, -0.05) is 28.3 Å². The third-order valence-corrected chi connectivity index (χ3v) is 4.50. The van der Waals surface area contributed by atoms with E-state index >= 15 is 0 Å². The molecule has 0 unspecified atom stereocenters. The van der Waals surface area contributed by atoms with Crippen molar-refractivity contribution >= 4 is 34.1 Å². The number of nitrogens with two attached hydrogens (primary N) is 1. The Labute approximate surface area is 123 Å². The van der Waals surface area contributed by atoms with E-state index < -0.39 is 5.82 Å². The Morgan fingerprint density at radius 1 is 1.45 bits per heavy atom. The minimum Gasteiger partial charge on any atom is -0.409 e. The number of anilines is 1. The van der Waals surface area contributed by atoms with Gasteiger partial charge in [0.1, 0.15) is 5.82 Å². The zero-order chi connectivity index (χ0) is 14.7. The van der Waals surface area contributed by atoms with Gasteiger partial charge in [-0.25, -0.2) is 4.39 Å². The molecular formula is C11H12FN5OS2. The third kappa shape index (κ3) is 3.17. The van der Waals surface area contributed by atoms with Gasteiger partial charge in [0.05, 0.1) is 4.90 Å². The summed E-state index contributed by atoms with van der Waals surface area (Å²) in [6.07, 6.45) is 0. The maximum atomic E-state index is 13.9. The van der Waals surface area contributed by atoms with E-state index in [-0.39, 0.29) is 5.84 Å². The van der Waals surface area contributed by atoms with Gasteiger partial charge < -0.3 is 15.8 Å². The van der Waals surface area contributed by atoms with Crippen LogP contribution in [-0.4, -0.2) is 35.3 Å². The van der Waals surface area contributed by atoms with E-state index in [4.69, 9.17) is 10.9 Å². The summed E-state index contributed by atoms with van der Waals surface area (Å²) in [4.78, 5) is 2.24. The molecule has 0 saturated carbocycles. The second-order valence-electron chi connectivity index (χ2n) is 3.98. The number of hydrogen-bond donors (Lipinski definition) is 2. The fraction of sp³-hybridized carbons (Fsp3) is 0.182. The molecule has 0 aliphatic rings. The van der Waals surface area contributed by atoms with Crippen LogP contribution in [0.25, 0.3) is 0 Å². The van der Waals surface area contributed by atoms with Crippen molar-refractivity contribution in [2.75, 3.05) is 19.0 Å². The monoisotopic (exact) mass is 313 g/mol. The Morgan fingerprint density at radius 3 is 2.75 bits per heavy atom. The fourth-order valence-electron chi connectivity index (χ4n) is 1.32. The summed E-state index contributed by atoms with van der Waals surface area (Å²) in [5.74, 6) is -0.591. The molecule has 0 saturated heterocycles. The normalized spacial score (nSPS) is 11.7. The van der Waals surface area contributed by atoms with Crippen LogP contribution >= 0.6 is 23.1 Å². The summed E-state index contributed by atoms with van der Waals surface area (Å²) in [5.41, 5.74) is 5.72. The number of oxime groups is 1. The Balaban J connectivity index is 2.21. The van der Waals surface area contributed by atoms with Gasteiger partial charge in [-0.15, -0.1) is 10.2 Å². The first kappa shape index (κ1) is 14.5. The van der Waals surface area contributed by atoms with Crippen LogP contribution in [0.2, 0.25) is 0 Å². The molecule has 2 rings (SSSR count). The van der Waals surface area contributed by atoms with Gasteiger partial charge in [-0.2, -0.15) is 0 Å². The molecular weight excluding hydrogens is 301 g/mol. The quantitative estimate of drug-likeness (QED) is 0.388. The fourth-order valence-corrected chi connectivity index (χ4v) is 3.04. The Morgan fingerprint density at radius 2 is 2.20 bits per heavy atom. The van der Waals surface area contributed by atoms with Gasteiger partial charge in [-0.05, 0) is 18.2 Å². The predicted octanol–water partition coefficient (Wildman–Crippen LogP) is 1.99. The number of amidine groups is 1. The van der Waals surface area contributed by atoms with Gasteiger partial charge >= 0.3 is 0 Å². The summed E-state index contributed by atoms with van der Waals surface area (Å²) in [6, 6.07) is 4.35. The number of rotatable bonds is 4. The van der Waals surface area contributed by atoms with E-state index in [0.717, 1.165) is 5.13 Å². The lowest BCUT2D eigenvalue weighted by Gasteiger charge is -2.04. The standard InChI is InChI=1S/C11H12FN5OS2/c1-17(2)10-14-15-11(20-10)19-8-4-3-6(5-7(8)12)9(13)16-18/h3-5,18H,1-2H3,(H2,13,16). The molecule has 0 amide bonds. The summed E-state index contributed by atoms with van der Waals surface area (Å²) in [6.45, 7) is 0. The largest absolute Gasteiger partial charge is 0.409 e. The molecule has 0 spiro atoms. The highest BCUT2D eigenvalue weighted by atomic mass is 32.2. The molecule has 3 N–H and O–H groups in total. The van der Waals surface area contributed by atoms with Crippen LogP contribution in [-0.2, 0) is 0 Å². The molecule has 1 heterocycles. The topological polar surface area (TPSA) is 87.6 Å². The Bertz CT molecular complexity index is 643. The van der Waals surface area contributed by atoms with Crippen molar-refractivity contribution in [2.45, 2.75) is 9.24 Å². The lowest BCUT2D eigenvalue weighted by molar-refractivity contribution is 0.318. The molecule has 20 heavy (non-hydrogen) atoms. The van der Waals surface area contributed by atoms with E-state index in [1.165, 1.54) is 29.2 Å². The minimum absolute atomic E-state index is 0.133. The average molecular weight is 313 g/mol. The molecule has 0 aliphatic heterocycles. The lowest BCUT2D eigenvalue weighted by Crippen LogP contribution is -2.13. The minimum atomic E-state index is -0.458. The molecule has 2 aromatic rings. The van der Waals surface area contributed by atoms with Crippen LogP contribution in [0.5, 0.6) is 0 Å². The average Bonchev–Trinajstić information content (AvgIpc) is 2.89. The lowest BCUT2D eigenvalue weighted by atomic mass is 10.2. The molecule has 6 nitrogen and oxygen atoms in total. The van der Waals surface area contributed by atoms with Crippen molar-refractivity contribution < 1.29 is 9.60 Å². The summed E-state index contributed by atoms with van der Waals surface area (Å²) in [7, 11) is 3.72. The second kappa shape index (κ2) is 6.06. The van der Waals surface area contributed by atoms with E-state index in [2.05, 4.69) is 15.4 Å². The van der Waals surface area contributed by atoms with Gasteiger partial charge in [0, 0.05) is 19.7 Å². The van der Waals surface area contributed by atoms with Gasteiger partial charge in [0.2, 0.25) is 5.13 Å². The maximum absolute atomic E-state index is 13.9. The highest BCUT2D eigenvalue weighted by Gasteiger charge is 2.12. The number of hydrogen-bond acceptors (Lipinski definition) is 7. The molecule has 1 aromatic heterocycles. The second-order valence-corrected chi connectivity index (χ2v) is 6.22. The molecule has 0 atom stereocenters. The zero-order valence-corrected chi connectivity index (χ0v) is 12.4. The van der Waals surface area contributed by atoms with Gasteiger partial charge in [-0.3, -0.25) is 0 Å². The van der Waals surface area contributed by atoms with Crippen molar-refractivity contribution in [1.82, 2.24) is 10.2 Å². The summed E-state index contributed by atoms with van der Waals surface area (Å²) >= 11 is 2.55. The van der Waals surface area contributed by atoms with Crippen molar-refractivity contribution in [2.24, 2.45) is 10.9 Å². The smallest absolute Gasteiger partial charge is 0.208 e. The first-order valence-corrected chi connectivity index (χ1v) is 7.10. The van der Waals surface area contributed by atoms with Crippen LogP contribution in [0.3, 0.4) is 0 Å². The van der Waals surface area contributed by atoms with Gasteiger partial charge in [0.15, 0.2) is 10.2 Å². The van der Waals surface area contributed by atoms with E-state index in [1.54, 1.807) is 12.1 Å². The first-order valence-electron chi connectivity index (χ1n) is 5.47. The van der Waals surface area contributed by atoms with Crippen molar-refractivity contribution in [3.8, 4) is 0 Å². The molecule has 0 aliphatic carbocycles. The van der Waals surface area contributed by atoms with E-state index in [0.29, 0.717) is 14.8 Å². The van der Waals surface area contributed by atoms with Crippen LogP contribution in [0, 0.1) is 5.82 Å². The summed E-state index contributed by atoms with van der Waals surface area (Å²) in [5, 5.41) is 20.1. The molecule has 106 valence electrons. The van der Waals surface area contributed by atoms with Crippen molar-refractivity contribution in [3.05, 3.63) is 29.6 Å². The molecule has 9 heteroatoms. The van der Waals surface area contributed by atoms with Crippen molar-refractivity contribution in [3.63, 3.8) is 0 Å². The number of benzene rings is 1. The van der Waals surface area contributed by atoms with Gasteiger partial charge in [0.25, 0.3) is 0 Å². The number of nitrogens with zero attached hydrogens (tertiary/aromatic N) is 4. The highest BCUT2D eigenvalue weighted by molar-refractivity contribution is 8.01. The van der Waals surface area contributed by atoms with Crippen molar-refractivity contribution in [1.29, 1.82) is 0 Å². The Hall–Kier alpha value is -1.87. The SMILES string of the molecule is CN(C)c1nnc(Sc2ccc(C(N)=NO)cc2F)s1. The third-order valence-electron chi connectivity index (χ3n) is 2.31. The maximum Gasteiger partial charge on any atom is 0.208 e. The van der Waals surface area contributed by atoms with E-state index in [9.17, 15) is 4.39 Å². The molecule has 0 bridgehead atoms. The zero-order valence-electron chi connectivity index (χ0n) is 10.7. The highest BCUT2D eigenvalue weighted by Crippen LogP contribution is 2.34. The first-order chi connectivity index (χ1) is 9.51. The Kier molecular flexibility index (Phi) is 4.40.